The number of para-hydroxylation sites is 1. The third-order valence-electron chi connectivity index (χ3n) is 13.7. The molecule has 0 atom stereocenters. The van der Waals surface area contributed by atoms with Crippen molar-refractivity contribution in [3.8, 4) is 22.3 Å². The molecule has 0 saturated heterocycles. The number of benzene rings is 7. The van der Waals surface area contributed by atoms with Gasteiger partial charge in [-0.1, -0.05) is 136 Å². The van der Waals surface area contributed by atoms with Crippen LogP contribution >= 0.6 is 11.3 Å². The lowest BCUT2D eigenvalue weighted by molar-refractivity contribution is 0.573. The van der Waals surface area contributed by atoms with Gasteiger partial charge in [0, 0.05) is 58.7 Å². The van der Waals surface area contributed by atoms with Crippen molar-refractivity contribution in [2.24, 2.45) is 0 Å². The van der Waals surface area contributed by atoms with Crippen molar-refractivity contribution in [1.29, 1.82) is 0 Å². The molecule has 9 aromatic rings. The van der Waals surface area contributed by atoms with Gasteiger partial charge in [-0.25, -0.2) is 0 Å². The Bertz CT molecular complexity index is 3240. The number of nitrogens with zero attached hydrogens (tertiary/aromatic N) is 1. The summed E-state index contributed by atoms with van der Waals surface area (Å²) in [5.74, 6) is 0. The van der Waals surface area contributed by atoms with Gasteiger partial charge in [-0.15, -0.1) is 11.3 Å². The zero-order chi connectivity index (χ0) is 41.0. The maximum atomic E-state index is 6.38. The van der Waals surface area contributed by atoms with Crippen LogP contribution in [-0.2, 0) is 21.7 Å². The number of thiophene rings is 1. The van der Waals surface area contributed by atoms with E-state index in [1.807, 2.05) is 11.3 Å². The first-order valence-corrected chi connectivity index (χ1v) is 22.0. The third kappa shape index (κ3) is 5.16. The Morgan fingerprint density at radius 1 is 0.492 bits per heavy atom. The van der Waals surface area contributed by atoms with E-state index in [0.29, 0.717) is 0 Å². The second-order valence-corrected chi connectivity index (χ2v) is 21.3. The van der Waals surface area contributed by atoms with Crippen molar-refractivity contribution in [1.82, 2.24) is 0 Å². The molecule has 0 bridgehead atoms. The van der Waals surface area contributed by atoms with Gasteiger partial charge in [0.25, 0.3) is 0 Å². The van der Waals surface area contributed by atoms with Crippen LogP contribution in [0.3, 0.4) is 0 Å². The monoisotopic (exact) mass is 785 g/mol. The van der Waals surface area contributed by atoms with Crippen molar-refractivity contribution in [2.75, 3.05) is 4.90 Å². The summed E-state index contributed by atoms with van der Waals surface area (Å²) in [5, 5.41) is 4.99. The molecule has 2 nitrogen and oxygen atoms in total. The predicted molar refractivity (Wildman–Crippen MR) is 254 cm³/mol. The van der Waals surface area contributed by atoms with Gasteiger partial charge in [-0.2, -0.15) is 0 Å². The minimum atomic E-state index is -0.188. The lowest BCUT2D eigenvalue weighted by atomic mass is 9.79. The lowest BCUT2D eigenvalue weighted by Crippen LogP contribution is -2.17. The molecule has 292 valence electrons. The fourth-order valence-electron chi connectivity index (χ4n) is 10.4. The zero-order valence-electron chi connectivity index (χ0n) is 35.9. The maximum Gasteiger partial charge on any atom is 0.135 e. The second kappa shape index (κ2) is 12.0. The SMILES string of the molecule is CC(C)(C)c1cc(C(C)(C)C)c2sc3cc4c(cc3c2c1)-c1c(N(c2ccc3c(c2)C(C)(C)c2ccccc2-3)c2ccc3oc5ccccc5c3c2)cccc1C4(C)C. The number of rotatable bonds is 3. The molecule has 0 unspecified atom stereocenters. The molecule has 2 aliphatic carbocycles. The summed E-state index contributed by atoms with van der Waals surface area (Å²) in [5.41, 5.74) is 18.7. The van der Waals surface area contributed by atoms with Gasteiger partial charge >= 0.3 is 0 Å². The van der Waals surface area contributed by atoms with E-state index < -0.39 is 0 Å². The molecular formula is C56H51NOS. The number of hydrogen-bond donors (Lipinski definition) is 0. The Kier molecular flexibility index (Phi) is 7.40. The molecule has 0 N–H and O–H groups in total. The first kappa shape index (κ1) is 36.4. The first-order valence-electron chi connectivity index (χ1n) is 21.2. The normalized spacial score (nSPS) is 15.2. The summed E-state index contributed by atoms with van der Waals surface area (Å²) in [6, 6.07) is 48.3. The van der Waals surface area contributed by atoms with Crippen LogP contribution in [0, 0.1) is 0 Å². The molecule has 0 fully saturated rings. The molecule has 0 saturated carbocycles. The van der Waals surface area contributed by atoms with E-state index in [1.54, 1.807) is 0 Å². The minimum absolute atomic E-state index is 0.0237. The molecule has 3 heteroatoms. The van der Waals surface area contributed by atoms with Crippen LogP contribution in [0.1, 0.15) is 103 Å². The van der Waals surface area contributed by atoms with Gasteiger partial charge in [0.15, 0.2) is 0 Å². The van der Waals surface area contributed by atoms with Gasteiger partial charge in [0.1, 0.15) is 11.2 Å². The van der Waals surface area contributed by atoms with E-state index in [4.69, 9.17) is 4.42 Å². The molecule has 0 radical (unpaired) electrons. The highest BCUT2D eigenvalue weighted by atomic mass is 32.1. The van der Waals surface area contributed by atoms with E-state index in [9.17, 15) is 0 Å². The summed E-state index contributed by atoms with van der Waals surface area (Å²) in [4.78, 5) is 2.52. The Hall–Kier alpha value is -5.64. The van der Waals surface area contributed by atoms with Crippen molar-refractivity contribution < 1.29 is 4.42 Å². The van der Waals surface area contributed by atoms with Gasteiger partial charge in [0.2, 0.25) is 0 Å². The average molecular weight is 786 g/mol. The number of fused-ring (bicyclic) bond motifs is 12. The smallest absolute Gasteiger partial charge is 0.135 e. The van der Waals surface area contributed by atoms with E-state index in [1.165, 1.54) is 81.5 Å². The van der Waals surface area contributed by atoms with Crippen molar-refractivity contribution >= 4 is 70.5 Å². The lowest BCUT2D eigenvalue weighted by Gasteiger charge is -2.30. The summed E-state index contributed by atoms with van der Waals surface area (Å²) >= 11 is 1.97. The van der Waals surface area contributed by atoms with Gasteiger partial charge in [0.05, 0.1) is 5.69 Å². The molecule has 2 heterocycles. The summed E-state index contributed by atoms with van der Waals surface area (Å²) in [6.45, 7) is 23.7. The molecule has 59 heavy (non-hydrogen) atoms. The van der Waals surface area contributed by atoms with Crippen LogP contribution < -0.4 is 4.90 Å². The topological polar surface area (TPSA) is 16.4 Å². The third-order valence-corrected chi connectivity index (χ3v) is 14.9. The summed E-state index contributed by atoms with van der Waals surface area (Å²) in [7, 11) is 0. The Morgan fingerprint density at radius 3 is 1.95 bits per heavy atom. The molecule has 11 rings (SSSR count). The molecule has 0 amide bonds. The maximum absolute atomic E-state index is 6.38. The molecule has 2 aliphatic rings. The molecule has 0 aliphatic heterocycles. The van der Waals surface area contributed by atoms with Crippen LogP contribution in [0.15, 0.2) is 132 Å². The number of furan rings is 1. The molecule has 2 aromatic heterocycles. The quantitative estimate of drug-likeness (QED) is 0.177. The van der Waals surface area contributed by atoms with Gasteiger partial charge in [-0.05, 0) is 122 Å². The standard InChI is InChI=1S/C56H51NOS/c1-53(2,3)32-26-40-39-30-41-45(31-50(39)59-52(40)46(27-32)54(4,5)6)56(9,10)43-19-15-20-47(51(41)43)57(33-23-25-49-38(28-33)37-17-12-14-21-48(37)58-49)34-22-24-36-35-16-11-13-18-42(35)55(7,8)44(36)29-34/h11-31H,1-10H3. The summed E-state index contributed by atoms with van der Waals surface area (Å²) < 4.78 is 9.16. The first-order chi connectivity index (χ1) is 28.0. The predicted octanol–water partition coefficient (Wildman–Crippen LogP) is 16.6. The minimum Gasteiger partial charge on any atom is -0.456 e. The fraction of sp³-hybridized carbons (Fsp3) is 0.250. The van der Waals surface area contributed by atoms with Crippen LogP contribution in [-0.4, -0.2) is 0 Å². The highest BCUT2D eigenvalue weighted by Gasteiger charge is 2.40. The van der Waals surface area contributed by atoms with Crippen molar-refractivity contribution in [2.45, 2.75) is 90.9 Å². The molecule has 0 spiro atoms. The number of hydrogen-bond acceptors (Lipinski definition) is 3. The zero-order valence-corrected chi connectivity index (χ0v) is 36.7. The van der Waals surface area contributed by atoms with Crippen LogP contribution in [0.2, 0.25) is 0 Å². The van der Waals surface area contributed by atoms with Crippen molar-refractivity contribution in [3.63, 3.8) is 0 Å². The van der Waals surface area contributed by atoms with E-state index in [-0.39, 0.29) is 21.7 Å². The fourth-order valence-corrected chi connectivity index (χ4v) is 11.9. The highest BCUT2D eigenvalue weighted by molar-refractivity contribution is 7.26. The average Bonchev–Trinajstić information content (AvgIpc) is 3.89. The van der Waals surface area contributed by atoms with E-state index in [0.717, 1.165) is 33.3 Å². The second-order valence-electron chi connectivity index (χ2n) is 20.2. The van der Waals surface area contributed by atoms with Gasteiger partial charge < -0.3 is 9.32 Å². The molecule has 7 aromatic carbocycles. The van der Waals surface area contributed by atoms with E-state index in [2.05, 4.69) is 202 Å². The van der Waals surface area contributed by atoms with Crippen LogP contribution in [0.25, 0.3) is 64.4 Å². The highest BCUT2D eigenvalue weighted by Crippen LogP contribution is 2.58. The van der Waals surface area contributed by atoms with E-state index >= 15 is 0 Å². The van der Waals surface area contributed by atoms with Crippen LogP contribution in [0.5, 0.6) is 0 Å². The Morgan fingerprint density at radius 2 is 1.15 bits per heavy atom. The largest absolute Gasteiger partial charge is 0.456 e. The Labute approximate surface area is 352 Å². The van der Waals surface area contributed by atoms with Gasteiger partial charge in [-0.3, -0.25) is 0 Å². The van der Waals surface area contributed by atoms with Crippen LogP contribution in [0.4, 0.5) is 17.1 Å². The summed E-state index contributed by atoms with van der Waals surface area (Å²) in [6.07, 6.45) is 0. The molecular weight excluding hydrogens is 735 g/mol. The van der Waals surface area contributed by atoms with Crippen molar-refractivity contribution in [3.05, 3.63) is 161 Å². The number of anilines is 3. The Balaban J connectivity index is 1.19.